The number of rotatable bonds is 0. The summed E-state index contributed by atoms with van der Waals surface area (Å²) < 4.78 is 0. The van der Waals surface area contributed by atoms with Crippen LogP contribution in [0.5, 0.6) is 0 Å². The summed E-state index contributed by atoms with van der Waals surface area (Å²) in [5.74, 6) is 0. The Morgan fingerprint density at radius 2 is 1.05 bits per heavy atom. The van der Waals surface area contributed by atoms with Crippen LogP contribution in [0.1, 0.15) is 0 Å². The Morgan fingerprint density at radius 1 is 0.667 bits per heavy atom. The van der Waals surface area contributed by atoms with E-state index in [1.54, 1.807) is 24.3 Å². The third-order valence-corrected chi connectivity index (χ3v) is 2.67. The molecule has 0 aliphatic carbocycles. The van der Waals surface area contributed by atoms with Gasteiger partial charge in [0.1, 0.15) is 22.1 Å². The predicted octanol–water partition coefficient (Wildman–Crippen LogP) is 1.33. The summed E-state index contributed by atoms with van der Waals surface area (Å²) in [7, 11) is 0. The van der Waals surface area contributed by atoms with Crippen molar-refractivity contribution in [2.24, 2.45) is 0 Å². The van der Waals surface area contributed by atoms with Crippen LogP contribution in [0.3, 0.4) is 0 Å². The SMILES string of the molecule is On1nnc2ccccc21.On1nnc2ccccc21.[Cu]. The van der Waals surface area contributed by atoms with E-state index in [9.17, 15) is 0 Å². The minimum atomic E-state index is 0. The zero-order valence-electron chi connectivity index (χ0n) is 10.5. The quantitative estimate of drug-likeness (QED) is 0.372. The molecule has 0 bridgehead atoms. The molecule has 0 atom stereocenters. The van der Waals surface area contributed by atoms with Crippen LogP contribution in [0.15, 0.2) is 48.5 Å². The predicted molar refractivity (Wildman–Crippen MR) is 69.4 cm³/mol. The summed E-state index contributed by atoms with van der Waals surface area (Å²) in [6.07, 6.45) is 0. The largest absolute Gasteiger partial charge is 0.410 e. The second-order valence-electron chi connectivity index (χ2n) is 3.94. The van der Waals surface area contributed by atoms with Gasteiger partial charge in [-0.15, -0.1) is 10.2 Å². The summed E-state index contributed by atoms with van der Waals surface area (Å²) >= 11 is 0. The van der Waals surface area contributed by atoms with E-state index in [0.29, 0.717) is 22.1 Å². The van der Waals surface area contributed by atoms with Gasteiger partial charge < -0.3 is 10.4 Å². The summed E-state index contributed by atoms with van der Waals surface area (Å²) in [6.45, 7) is 0. The van der Waals surface area contributed by atoms with Gasteiger partial charge in [-0.3, -0.25) is 0 Å². The van der Waals surface area contributed by atoms with Crippen LogP contribution in [0.2, 0.25) is 0 Å². The van der Waals surface area contributed by atoms with E-state index in [0.717, 1.165) is 9.69 Å². The Balaban J connectivity index is 0.000000147. The Morgan fingerprint density at radius 3 is 1.43 bits per heavy atom. The standard InChI is InChI=1S/2C6H5N3O.Cu/c2*10-9-6-4-2-1-3-5(6)7-8-9;/h2*1-4,10H;. The number of hydrogen-bond acceptors (Lipinski definition) is 6. The molecule has 0 saturated carbocycles. The normalized spacial score (nSPS) is 9.90. The van der Waals surface area contributed by atoms with Gasteiger partial charge in [0.2, 0.25) is 0 Å². The first-order chi connectivity index (χ1) is 9.75. The number of nitrogens with zero attached hydrogens (tertiary/aromatic N) is 6. The van der Waals surface area contributed by atoms with Crippen LogP contribution in [0, 0.1) is 0 Å². The van der Waals surface area contributed by atoms with E-state index in [2.05, 4.69) is 20.6 Å². The number of benzene rings is 2. The van der Waals surface area contributed by atoms with E-state index in [4.69, 9.17) is 10.4 Å². The van der Waals surface area contributed by atoms with Crippen molar-refractivity contribution < 1.29 is 27.5 Å². The molecule has 0 spiro atoms. The van der Waals surface area contributed by atoms with Crippen LogP contribution in [0.25, 0.3) is 22.1 Å². The Kier molecular flexibility index (Phi) is 4.36. The molecule has 0 unspecified atom stereocenters. The van der Waals surface area contributed by atoms with Gasteiger partial charge >= 0.3 is 0 Å². The molecular formula is C12H10CuN6O2. The van der Waals surface area contributed by atoms with E-state index in [-0.39, 0.29) is 17.1 Å². The zero-order valence-corrected chi connectivity index (χ0v) is 11.4. The molecule has 2 aromatic heterocycles. The van der Waals surface area contributed by atoms with Gasteiger partial charge in [0.05, 0.1) is 0 Å². The van der Waals surface area contributed by atoms with Crippen LogP contribution in [-0.2, 0) is 17.1 Å². The molecule has 2 N–H and O–H groups in total. The third-order valence-electron chi connectivity index (χ3n) is 2.67. The molecule has 2 heterocycles. The fourth-order valence-corrected chi connectivity index (χ4v) is 1.71. The monoisotopic (exact) mass is 333 g/mol. The van der Waals surface area contributed by atoms with Crippen molar-refractivity contribution in [3.63, 3.8) is 0 Å². The summed E-state index contributed by atoms with van der Waals surface area (Å²) in [6, 6.07) is 14.4. The summed E-state index contributed by atoms with van der Waals surface area (Å²) in [4.78, 5) is 1.52. The zero-order chi connectivity index (χ0) is 13.9. The van der Waals surface area contributed by atoms with Crippen molar-refractivity contribution in [3.8, 4) is 0 Å². The van der Waals surface area contributed by atoms with Crippen molar-refractivity contribution in [1.82, 2.24) is 30.3 Å². The molecule has 9 heteroatoms. The Hall–Kier alpha value is -2.64. The molecule has 2 aromatic carbocycles. The number of hydrogen-bond donors (Lipinski definition) is 2. The second kappa shape index (κ2) is 6.21. The van der Waals surface area contributed by atoms with Crippen molar-refractivity contribution in [2.75, 3.05) is 0 Å². The van der Waals surface area contributed by atoms with Crippen LogP contribution < -0.4 is 0 Å². The first-order valence-electron chi connectivity index (χ1n) is 5.75. The maximum Gasteiger partial charge on any atom is 0.130 e. The molecule has 111 valence electrons. The van der Waals surface area contributed by atoms with Gasteiger partial charge in [-0.2, -0.15) is 0 Å². The molecule has 0 aliphatic heterocycles. The Labute approximate surface area is 129 Å². The first-order valence-corrected chi connectivity index (χ1v) is 5.75. The topological polar surface area (TPSA) is 102 Å². The fraction of sp³-hybridized carbons (Fsp3) is 0. The third kappa shape index (κ3) is 2.93. The van der Waals surface area contributed by atoms with E-state index in [1.165, 1.54) is 0 Å². The van der Waals surface area contributed by atoms with Gasteiger partial charge in [-0.1, -0.05) is 34.0 Å². The molecular weight excluding hydrogens is 324 g/mol. The molecule has 4 aromatic rings. The minimum Gasteiger partial charge on any atom is -0.410 e. The fourth-order valence-electron chi connectivity index (χ4n) is 1.71. The van der Waals surface area contributed by atoms with E-state index < -0.39 is 0 Å². The molecule has 0 amide bonds. The van der Waals surface area contributed by atoms with Crippen LogP contribution in [0.4, 0.5) is 0 Å². The molecule has 0 fully saturated rings. The molecule has 0 saturated heterocycles. The maximum atomic E-state index is 8.95. The van der Waals surface area contributed by atoms with Gasteiger partial charge in [-0.05, 0) is 34.7 Å². The van der Waals surface area contributed by atoms with Gasteiger partial charge in [0, 0.05) is 17.1 Å². The number of para-hydroxylation sites is 2. The number of aromatic nitrogens is 6. The van der Waals surface area contributed by atoms with Gasteiger partial charge in [0.15, 0.2) is 0 Å². The van der Waals surface area contributed by atoms with Crippen molar-refractivity contribution in [1.29, 1.82) is 0 Å². The van der Waals surface area contributed by atoms with Crippen molar-refractivity contribution >= 4 is 22.1 Å². The molecule has 21 heavy (non-hydrogen) atoms. The summed E-state index contributed by atoms with van der Waals surface area (Å²) in [5, 5.41) is 32.1. The Bertz CT molecular complexity index is 787. The van der Waals surface area contributed by atoms with E-state index in [1.807, 2.05) is 24.3 Å². The molecule has 4 rings (SSSR count). The smallest absolute Gasteiger partial charge is 0.130 e. The van der Waals surface area contributed by atoms with Crippen molar-refractivity contribution in [3.05, 3.63) is 48.5 Å². The van der Waals surface area contributed by atoms with Crippen LogP contribution >= 0.6 is 0 Å². The van der Waals surface area contributed by atoms with Gasteiger partial charge in [-0.25, -0.2) is 0 Å². The second-order valence-corrected chi connectivity index (χ2v) is 3.94. The average Bonchev–Trinajstić information content (AvgIpc) is 3.05. The van der Waals surface area contributed by atoms with Gasteiger partial charge in [0.25, 0.3) is 0 Å². The van der Waals surface area contributed by atoms with Crippen molar-refractivity contribution in [2.45, 2.75) is 0 Å². The molecule has 8 nitrogen and oxygen atoms in total. The maximum absolute atomic E-state index is 8.95. The average molecular weight is 334 g/mol. The molecule has 1 radical (unpaired) electrons. The van der Waals surface area contributed by atoms with Crippen LogP contribution in [-0.4, -0.2) is 40.7 Å². The first kappa shape index (κ1) is 14.8. The molecule has 0 aliphatic rings. The number of fused-ring (bicyclic) bond motifs is 2. The van der Waals surface area contributed by atoms with E-state index >= 15 is 0 Å². The summed E-state index contributed by atoms with van der Waals surface area (Å²) in [5.41, 5.74) is 2.65. The minimum absolute atomic E-state index is 0.